The first-order chi connectivity index (χ1) is 10.1. The van der Waals surface area contributed by atoms with Crippen LogP contribution < -0.4 is 0 Å². The first kappa shape index (κ1) is 14.8. The lowest BCUT2D eigenvalue weighted by Crippen LogP contribution is -2.19. The monoisotopic (exact) mass is 343 g/mol. The number of hydrogen-bond donors (Lipinski definition) is 0. The molecule has 0 amide bonds. The highest BCUT2D eigenvalue weighted by atomic mass is 79.9. The maximum Gasteiger partial charge on any atom is 0.0234 e. The highest BCUT2D eigenvalue weighted by Crippen LogP contribution is 2.30. The molecule has 0 saturated carbocycles. The van der Waals surface area contributed by atoms with E-state index in [1.165, 1.54) is 46.2 Å². The standard InChI is InChI=1S/C19H22BrN/c1-14-4-3-5-16(10-14)12-21-9-8-18(13-21)17-6-7-19(20)15(2)11-17/h3-7,10-11,18H,8-9,12-13H2,1-2H3. The molecule has 1 unspecified atom stereocenters. The van der Waals surface area contributed by atoms with Gasteiger partial charge in [-0.25, -0.2) is 0 Å². The zero-order valence-electron chi connectivity index (χ0n) is 12.8. The molecule has 1 aliphatic heterocycles. The lowest BCUT2D eigenvalue weighted by molar-refractivity contribution is 0.327. The fourth-order valence-electron chi connectivity index (χ4n) is 3.24. The molecule has 1 saturated heterocycles. The Kier molecular flexibility index (Phi) is 4.46. The molecule has 1 atom stereocenters. The van der Waals surface area contributed by atoms with Gasteiger partial charge in [-0.2, -0.15) is 0 Å². The van der Waals surface area contributed by atoms with E-state index >= 15 is 0 Å². The van der Waals surface area contributed by atoms with Crippen LogP contribution in [0.2, 0.25) is 0 Å². The fourth-order valence-corrected chi connectivity index (χ4v) is 3.49. The molecule has 2 heteroatoms. The third kappa shape index (κ3) is 3.56. The molecular weight excluding hydrogens is 322 g/mol. The minimum atomic E-state index is 0.682. The van der Waals surface area contributed by atoms with Crippen molar-refractivity contribution in [2.24, 2.45) is 0 Å². The van der Waals surface area contributed by atoms with Crippen LogP contribution in [0.1, 0.15) is 34.6 Å². The number of likely N-dealkylation sites (tertiary alicyclic amines) is 1. The summed E-state index contributed by atoms with van der Waals surface area (Å²) in [6.45, 7) is 7.80. The van der Waals surface area contributed by atoms with Crippen LogP contribution in [-0.4, -0.2) is 18.0 Å². The van der Waals surface area contributed by atoms with Gasteiger partial charge in [-0.1, -0.05) is 57.9 Å². The maximum atomic E-state index is 3.59. The van der Waals surface area contributed by atoms with E-state index in [0.29, 0.717) is 5.92 Å². The number of nitrogens with zero attached hydrogens (tertiary/aromatic N) is 1. The molecule has 1 aliphatic rings. The first-order valence-corrected chi connectivity index (χ1v) is 8.45. The van der Waals surface area contributed by atoms with Gasteiger partial charge in [-0.3, -0.25) is 4.90 Å². The number of aryl methyl sites for hydroxylation is 2. The Hall–Kier alpha value is -1.12. The molecule has 110 valence electrons. The predicted octanol–water partition coefficient (Wildman–Crippen LogP) is 5.06. The average Bonchev–Trinajstić information content (AvgIpc) is 2.90. The van der Waals surface area contributed by atoms with Gasteiger partial charge in [-0.05, 0) is 55.5 Å². The van der Waals surface area contributed by atoms with E-state index in [9.17, 15) is 0 Å². The van der Waals surface area contributed by atoms with Crippen LogP contribution in [0.25, 0.3) is 0 Å². The summed E-state index contributed by atoms with van der Waals surface area (Å²) in [6, 6.07) is 15.7. The van der Waals surface area contributed by atoms with E-state index in [1.807, 2.05) is 0 Å². The Labute approximate surface area is 136 Å². The van der Waals surface area contributed by atoms with Crippen molar-refractivity contribution in [1.29, 1.82) is 0 Å². The Balaban J connectivity index is 1.66. The Morgan fingerprint density at radius 1 is 1.14 bits per heavy atom. The third-order valence-electron chi connectivity index (χ3n) is 4.41. The van der Waals surface area contributed by atoms with E-state index in [4.69, 9.17) is 0 Å². The molecule has 3 rings (SSSR count). The number of hydrogen-bond acceptors (Lipinski definition) is 1. The van der Waals surface area contributed by atoms with Crippen molar-refractivity contribution in [3.8, 4) is 0 Å². The molecule has 0 spiro atoms. The molecular formula is C19H22BrN. The Morgan fingerprint density at radius 3 is 2.76 bits per heavy atom. The number of rotatable bonds is 3. The number of benzene rings is 2. The van der Waals surface area contributed by atoms with Crippen molar-refractivity contribution >= 4 is 15.9 Å². The zero-order valence-corrected chi connectivity index (χ0v) is 14.4. The summed E-state index contributed by atoms with van der Waals surface area (Å²) in [4.78, 5) is 2.58. The highest BCUT2D eigenvalue weighted by Gasteiger charge is 2.24. The van der Waals surface area contributed by atoms with Gasteiger partial charge in [0.1, 0.15) is 0 Å². The third-order valence-corrected chi connectivity index (χ3v) is 5.30. The number of halogens is 1. The Morgan fingerprint density at radius 2 is 2.00 bits per heavy atom. The van der Waals surface area contributed by atoms with E-state index in [0.717, 1.165) is 6.54 Å². The first-order valence-electron chi connectivity index (χ1n) is 7.66. The topological polar surface area (TPSA) is 3.24 Å². The maximum absolute atomic E-state index is 3.59. The van der Waals surface area contributed by atoms with E-state index < -0.39 is 0 Å². The molecule has 2 aromatic rings. The molecule has 0 aromatic heterocycles. The molecule has 21 heavy (non-hydrogen) atoms. The van der Waals surface area contributed by atoms with Crippen LogP contribution in [0.3, 0.4) is 0 Å². The van der Waals surface area contributed by atoms with E-state index in [2.05, 4.69) is 77.1 Å². The summed E-state index contributed by atoms with van der Waals surface area (Å²) in [5, 5.41) is 0. The molecule has 0 N–H and O–H groups in total. The van der Waals surface area contributed by atoms with Crippen molar-refractivity contribution in [1.82, 2.24) is 4.90 Å². The van der Waals surface area contributed by atoms with Crippen LogP contribution in [0, 0.1) is 13.8 Å². The quantitative estimate of drug-likeness (QED) is 0.753. The van der Waals surface area contributed by atoms with Gasteiger partial charge in [-0.15, -0.1) is 0 Å². The van der Waals surface area contributed by atoms with E-state index in [1.54, 1.807) is 0 Å². The van der Waals surface area contributed by atoms with Crippen LogP contribution >= 0.6 is 15.9 Å². The summed E-state index contributed by atoms with van der Waals surface area (Å²) in [5.41, 5.74) is 5.61. The fraction of sp³-hybridized carbons (Fsp3) is 0.368. The van der Waals surface area contributed by atoms with Gasteiger partial charge >= 0.3 is 0 Å². The van der Waals surface area contributed by atoms with Crippen LogP contribution in [0.4, 0.5) is 0 Å². The van der Waals surface area contributed by atoms with Crippen LogP contribution in [0.15, 0.2) is 46.9 Å². The highest BCUT2D eigenvalue weighted by molar-refractivity contribution is 9.10. The second kappa shape index (κ2) is 6.33. The second-order valence-corrected chi connectivity index (χ2v) is 7.07. The summed E-state index contributed by atoms with van der Waals surface area (Å²) >= 11 is 3.59. The molecule has 1 nitrogen and oxygen atoms in total. The normalized spacial score (nSPS) is 19.1. The van der Waals surface area contributed by atoms with Crippen molar-refractivity contribution in [3.05, 3.63) is 69.2 Å². The molecule has 1 heterocycles. The van der Waals surface area contributed by atoms with Gasteiger partial charge in [0.25, 0.3) is 0 Å². The summed E-state index contributed by atoms with van der Waals surface area (Å²) < 4.78 is 1.21. The van der Waals surface area contributed by atoms with Gasteiger partial charge in [0.2, 0.25) is 0 Å². The van der Waals surface area contributed by atoms with Crippen molar-refractivity contribution in [2.75, 3.05) is 13.1 Å². The smallest absolute Gasteiger partial charge is 0.0234 e. The SMILES string of the molecule is Cc1cccc(CN2CCC(c3ccc(Br)c(C)c3)C2)c1. The van der Waals surface area contributed by atoms with Crippen molar-refractivity contribution in [3.63, 3.8) is 0 Å². The molecule has 2 aromatic carbocycles. The van der Waals surface area contributed by atoms with Crippen molar-refractivity contribution < 1.29 is 0 Å². The minimum absolute atomic E-state index is 0.682. The van der Waals surface area contributed by atoms with Gasteiger partial charge in [0, 0.05) is 17.6 Å². The largest absolute Gasteiger partial charge is 0.298 e. The summed E-state index contributed by atoms with van der Waals surface area (Å²) in [6.07, 6.45) is 1.27. The van der Waals surface area contributed by atoms with Crippen LogP contribution in [0.5, 0.6) is 0 Å². The molecule has 0 aliphatic carbocycles. The minimum Gasteiger partial charge on any atom is -0.298 e. The molecule has 0 bridgehead atoms. The summed E-state index contributed by atoms with van der Waals surface area (Å²) in [5.74, 6) is 0.682. The second-order valence-electron chi connectivity index (χ2n) is 6.22. The lowest BCUT2D eigenvalue weighted by atomic mass is 9.97. The van der Waals surface area contributed by atoms with Crippen molar-refractivity contribution in [2.45, 2.75) is 32.7 Å². The van der Waals surface area contributed by atoms with Gasteiger partial charge < -0.3 is 0 Å². The zero-order chi connectivity index (χ0) is 14.8. The lowest BCUT2D eigenvalue weighted by Gasteiger charge is -2.17. The van der Waals surface area contributed by atoms with Crippen LogP contribution in [-0.2, 0) is 6.54 Å². The summed E-state index contributed by atoms with van der Waals surface area (Å²) in [7, 11) is 0. The average molecular weight is 344 g/mol. The molecule has 1 fully saturated rings. The van der Waals surface area contributed by atoms with E-state index in [-0.39, 0.29) is 0 Å². The Bertz CT molecular complexity index is 635. The molecule has 0 radical (unpaired) electrons. The van der Waals surface area contributed by atoms with Gasteiger partial charge in [0.05, 0.1) is 0 Å². The predicted molar refractivity (Wildman–Crippen MR) is 92.7 cm³/mol. The van der Waals surface area contributed by atoms with Gasteiger partial charge in [0.15, 0.2) is 0 Å².